The smallest absolute Gasteiger partial charge is 0.243 e. The van der Waals surface area contributed by atoms with Gasteiger partial charge < -0.3 is 5.73 Å². The number of nitrogens with zero attached hydrogens (tertiary/aromatic N) is 2. The van der Waals surface area contributed by atoms with Crippen LogP contribution in [-0.2, 0) is 10.0 Å². The lowest BCUT2D eigenvalue weighted by atomic mass is 10.2. The zero-order chi connectivity index (χ0) is 15.3. The molecule has 0 amide bonds. The Morgan fingerprint density at radius 3 is 2.55 bits per heavy atom. The van der Waals surface area contributed by atoms with E-state index in [-0.39, 0.29) is 23.8 Å². The number of hydrogen-bond acceptors (Lipinski definition) is 4. The van der Waals surface area contributed by atoms with Crippen LogP contribution in [0.4, 0.5) is 5.69 Å². The molecule has 0 fully saturated rings. The van der Waals surface area contributed by atoms with Gasteiger partial charge in [-0.25, -0.2) is 8.42 Å². The van der Waals surface area contributed by atoms with Gasteiger partial charge in [0.1, 0.15) is 0 Å². The number of anilines is 1. The van der Waals surface area contributed by atoms with Gasteiger partial charge in [-0.1, -0.05) is 13.8 Å². The number of sulfonamides is 1. The average Bonchev–Trinajstić information content (AvgIpc) is 2.37. The third kappa shape index (κ3) is 3.95. The zero-order valence-corrected chi connectivity index (χ0v) is 12.9. The molecule has 0 saturated carbocycles. The van der Waals surface area contributed by atoms with E-state index in [2.05, 4.69) is 0 Å². The zero-order valence-electron chi connectivity index (χ0n) is 12.1. The van der Waals surface area contributed by atoms with Crippen LogP contribution in [0.1, 0.15) is 25.8 Å². The average molecular weight is 295 g/mol. The standard InChI is InChI=1S/C14H21N3O2S/c1-11(2)10-17(8-4-7-15)20(18,19)13-5-6-14(16)12(3)9-13/h5-6,9,11H,4,8,10,16H2,1-3H3. The van der Waals surface area contributed by atoms with Crippen LogP contribution in [0.5, 0.6) is 0 Å². The molecule has 1 aromatic rings. The molecule has 0 unspecified atom stereocenters. The molecule has 0 heterocycles. The normalized spacial score (nSPS) is 11.8. The highest BCUT2D eigenvalue weighted by atomic mass is 32.2. The van der Waals surface area contributed by atoms with Crippen molar-refractivity contribution in [2.75, 3.05) is 18.8 Å². The molecule has 1 rings (SSSR count). The summed E-state index contributed by atoms with van der Waals surface area (Å²) in [6.07, 6.45) is 0.180. The molecule has 0 radical (unpaired) electrons. The molecule has 0 aliphatic rings. The van der Waals surface area contributed by atoms with Crippen molar-refractivity contribution in [2.45, 2.75) is 32.1 Å². The van der Waals surface area contributed by atoms with E-state index in [0.717, 1.165) is 5.56 Å². The fourth-order valence-corrected chi connectivity index (χ4v) is 3.54. The lowest BCUT2D eigenvalue weighted by Gasteiger charge is -2.23. The van der Waals surface area contributed by atoms with Gasteiger partial charge in [-0.05, 0) is 36.6 Å². The Morgan fingerprint density at radius 2 is 2.05 bits per heavy atom. The predicted molar refractivity (Wildman–Crippen MR) is 79.4 cm³/mol. The van der Waals surface area contributed by atoms with Gasteiger partial charge in [-0.3, -0.25) is 0 Å². The van der Waals surface area contributed by atoms with Gasteiger partial charge in [0.05, 0.1) is 11.0 Å². The summed E-state index contributed by atoms with van der Waals surface area (Å²) in [5.74, 6) is 0.193. The van der Waals surface area contributed by atoms with Crippen LogP contribution < -0.4 is 5.73 Å². The monoisotopic (exact) mass is 295 g/mol. The van der Waals surface area contributed by atoms with Crippen LogP contribution in [0.3, 0.4) is 0 Å². The summed E-state index contributed by atoms with van der Waals surface area (Å²) >= 11 is 0. The highest BCUT2D eigenvalue weighted by molar-refractivity contribution is 7.89. The summed E-state index contributed by atoms with van der Waals surface area (Å²) in [5, 5.41) is 8.68. The molecule has 6 heteroatoms. The largest absolute Gasteiger partial charge is 0.399 e. The van der Waals surface area contributed by atoms with Crippen molar-refractivity contribution in [2.24, 2.45) is 5.92 Å². The molecule has 110 valence electrons. The first kappa shape index (κ1) is 16.5. The Balaban J connectivity index is 3.14. The Bertz CT molecular complexity index is 603. The molecule has 0 spiro atoms. The van der Waals surface area contributed by atoms with Crippen LogP contribution in [0.25, 0.3) is 0 Å². The summed E-state index contributed by atoms with van der Waals surface area (Å²) in [5.41, 5.74) is 7.02. The molecule has 0 aliphatic heterocycles. The maximum absolute atomic E-state index is 12.6. The number of nitrogen functional groups attached to an aromatic ring is 1. The molecule has 0 aromatic heterocycles. The highest BCUT2D eigenvalue weighted by Gasteiger charge is 2.25. The van der Waals surface area contributed by atoms with E-state index in [9.17, 15) is 8.42 Å². The Kier molecular flexibility index (Phi) is 5.54. The number of nitriles is 1. The minimum atomic E-state index is -3.58. The van der Waals surface area contributed by atoms with E-state index in [1.54, 1.807) is 19.1 Å². The van der Waals surface area contributed by atoms with Crippen molar-refractivity contribution in [3.05, 3.63) is 23.8 Å². The Hall–Kier alpha value is -1.58. The van der Waals surface area contributed by atoms with Gasteiger partial charge in [-0.15, -0.1) is 0 Å². The predicted octanol–water partition coefficient (Wildman–Crippen LogP) is 2.14. The van der Waals surface area contributed by atoms with E-state index < -0.39 is 10.0 Å². The lowest BCUT2D eigenvalue weighted by molar-refractivity contribution is 0.373. The van der Waals surface area contributed by atoms with E-state index in [1.807, 2.05) is 19.9 Å². The summed E-state index contributed by atoms with van der Waals surface area (Å²) < 4.78 is 26.6. The van der Waals surface area contributed by atoms with Gasteiger partial charge >= 0.3 is 0 Å². The first-order valence-electron chi connectivity index (χ1n) is 6.52. The van der Waals surface area contributed by atoms with Crippen LogP contribution >= 0.6 is 0 Å². The number of benzene rings is 1. The lowest BCUT2D eigenvalue weighted by Crippen LogP contribution is -2.35. The Morgan fingerprint density at radius 1 is 1.40 bits per heavy atom. The van der Waals surface area contributed by atoms with Gasteiger partial charge in [0, 0.05) is 25.2 Å². The number of hydrogen-bond donors (Lipinski definition) is 1. The third-order valence-corrected chi connectivity index (χ3v) is 4.78. The first-order chi connectivity index (χ1) is 9.28. The van der Waals surface area contributed by atoms with Crippen molar-refractivity contribution in [3.63, 3.8) is 0 Å². The summed E-state index contributed by atoms with van der Waals surface area (Å²) in [6, 6.07) is 6.67. The molecule has 0 bridgehead atoms. The maximum atomic E-state index is 12.6. The van der Waals surface area contributed by atoms with E-state index in [4.69, 9.17) is 11.0 Å². The highest BCUT2D eigenvalue weighted by Crippen LogP contribution is 2.21. The van der Waals surface area contributed by atoms with E-state index in [0.29, 0.717) is 12.2 Å². The molecule has 0 saturated heterocycles. The van der Waals surface area contributed by atoms with Crippen LogP contribution in [0.2, 0.25) is 0 Å². The second-order valence-electron chi connectivity index (χ2n) is 5.18. The topological polar surface area (TPSA) is 87.2 Å². The molecule has 2 N–H and O–H groups in total. The minimum Gasteiger partial charge on any atom is -0.399 e. The fraction of sp³-hybridized carbons (Fsp3) is 0.500. The van der Waals surface area contributed by atoms with Gasteiger partial charge in [-0.2, -0.15) is 9.57 Å². The molecular formula is C14H21N3O2S. The summed E-state index contributed by atoms with van der Waals surface area (Å²) in [6.45, 7) is 6.27. The quantitative estimate of drug-likeness (QED) is 0.814. The van der Waals surface area contributed by atoms with Crippen LogP contribution in [0, 0.1) is 24.2 Å². The van der Waals surface area contributed by atoms with E-state index in [1.165, 1.54) is 10.4 Å². The Labute approximate surface area is 121 Å². The van der Waals surface area contributed by atoms with Crippen LogP contribution in [0.15, 0.2) is 23.1 Å². The minimum absolute atomic E-state index is 0.180. The molecule has 20 heavy (non-hydrogen) atoms. The van der Waals surface area contributed by atoms with E-state index >= 15 is 0 Å². The van der Waals surface area contributed by atoms with Gasteiger partial charge in [0.25, 0.3) is 0 Å². The number of nitrogens with two attached hydrogens (primary N) is 1. The molecule has 1 aromatic carbocycles. The van der Waals surface area contributed by atoms with Crippen molar-refractivity contribution < 1.29 is 8.42 Å². The van der Waals surface area contributed by atoms with Crippen molar-refractivity contribution in [3.8, 4) is 6.07 Å². The van der Waals surface area contributed by atoms with Crippen molar-refractivity contribution in [1.82, 2.24) is 4.31 Å². The molecule has 0 atom stereocenters. The van der Waals surface area contributed by atoms with Crippen LogP contribution in [-0.4, -0.2) is 25.8 Å². The first-order valence-corrected chi connectivity index (χ1v) is 7.96. The SMILES string of the molecule is Cc1cc(S(=O)(=O)N(CCC#N)CC(C)C)ccc1N. The number of aryl methyl sites for hydroxylation is 1. The second kappa shape index (κ2) is 6.73. The summed E-state index contributed by atoms with van der Waals surface area (Å²) in [4.78, 5) is 0.225. The van der Waals surface area contributed by atoms with Crippen molar-refractivity contribution in [1.29, 1.82) is 5.26 Å². The molecule has 5 nitrogen and oxygen atoms in total. The maximum Gasteiger partial charge on any atom is 0.243 e. The fourth-order valence-electron chi connectivity index (χ4n) is 1.85. The van der Waals surface area contributed by atoms with Gasteiger partial charge in [0.15, 0.2) is 0 Å². The number of rotatable bonds is 6. The van der Waals surface area contributed by atoms with Gasteiger partial charge in [0.2, 0.25) is 10.0 Å². The molecular weight excluding hydrogens is 274 g/mol. The summed E-state index contributed by atoms with van der Waals surface area (Å²) in [7, 11) is -3.58. The molecule has 0 aliphatic carbocycles. The van der Waals surface area contributed by atoms with Crippen molar-refractivity contribution >= 4 is 15.7 Å². The second-order valence-corrected chi connectivity index (χ2v) is 7.12. The third-order valence-electron chi connectivity index (χ3n) is 2.92.